The van der Waals surface area contributed by atoms with Crippen LogP contribution in [0.2, 0.25) is 18.1 Å². The number of hydrogen-bond acceptors (Lipinski definition) is 4. The van der Waals surface area contributed by atoms with E-state index in [1.54, 1.807) is 0 Å². The molecule has 0 bridgehead atoms. The molecule has 0 amide bonds. The molecule has 4 atom stereocenters. The third-order valence-electron chi connectivity index (χ3n) is 4.18. The first-order valence-electron chi connectivity index (χ1n) is 6.32. The van der Waals surface area contributed by atoms with Crippen LogP contribution in [0, 0.1) is 0 Å². The molecule has 0 aromatic rings. The van der Waals surface area contributed by atoms with E-state index >= 15 is 0 Å². The highest BCUT2D eigenvalue weighted by molar-refractivity contribution is 6.74. The maximum absolute atomic E-state index is 9.85. The molecule has 1 rings (SSSR count). The van der Waals surface area contributed by atoms with Gasteiger partial charge < -0.3 is 20.0 Å². The van der Waals surface area contributed by atoms with E-state index in [0.717, 1.165) is 0 Å². The minimum absolute atomic E-state index is 0.0713. The van der Waals surface area contributed by atoms with E-state index in [1.807, 2.05) is 6.92 Å². The third-order valence-corrected chi connectivity index (χ3v) is 8.68. The fourth-order valence-electron chi connectivity index (χ4n) is 1.73. The second-order valence-corrected chi connectivity index (χ2v) is 11.4. The Hall–Kier alpha value is 0.0569. The van der Waals surface area contributed by atoms with E-state index < -0.39 is 20.5 Å². The molecule has 0 unspecified atom stereocenters. The predicted octanol–water partition coefficient (Wildman–Crippen LogP) is 1.09. The van der Waals surface area contributed by atoms with E-state index in [-0.39, 0.29) is 17.1 Å². The normalized spacial score (nSPS) is 35.3. The van der Waals surface area contributed by atoms with Crippen molar-refractivity contribution in [3.8, 4) is 0 Å². The first kappa shape index (κ1) is 15.1. The van der Waals surface area contributed by atoms with E-state index in [2.05, 4.69) is 39.2 Å². The molecule has 0 radical (unpaired) electrons. The van der Waals surface area contributed by atoms with Crippen molar-refractivity contribution in [1.82, 2.24) is 5.32 Å². The van der Waals surface area contributed by atoms with Gasteiger partial charge in [0.05, 0.1) is 24.9 Å². The summed E-state index contributed by atoms with van der Waals surface area (Å²) >= 11 is 0. The fraction of sp³-hybridized carbons (Fsp3) is 1.00. The lowest BCUT2D eigenvalue weighted by Crippen LogP contribution is -2.46. The molecule has 17 heavy (non-hydrogen) atoms. The number of hydrogen-bond donors (Lipinski definition) is 3. The highest BCUT2D eigenvalue weighted by atomic mass is 28.4. The highest BCUT2D eigenvalue weighted by Gasteiger charge is 2.42. The van der Waals surface area contributed by atoms with Crippen LogP contribution in [0.4, 0.5) is 0 Å². The Morgan fingerprint density at radius 2 is 1.71 bits per heavy atom. The summed E-state index contributed by atoms with van der Waals surface area (Å²) in [7, 11) is -1.78. The Labute approximate surface area is 106 Å². The van der Waals surface area contributed by atoms with Gasteiger partial charge in [-0.2, -0.15) is 0 Å². The van der Waals surface area contributed by atoms with Crippen molar-refractivity contribution in [2.75, 3.05) is 6.61 Å². The first-order chi connectivity index (χ1) is 7.56. The molecule has 0 aliphatic carbocycles. The van der Waals surface area contributed by atoms with Gasteiger partial charge in [-0.05, 0) is 25.1 Å². The first-order valence-corrected chi connectivity index (χ1v) is 9.23. The lowest BCUT2D eigenvalue weighted by molar-refractivity contribution is 0.0224. The molecule has 1 aliphatic rings. The van der Waals surface area contributed by atoms with Gasteiger partial charge in [0, 0.05) is 6.04 Å². The molecular formula is C12H27NO3Si. The van der Waals surface area contributed by atoms with Crippen molar-refractivity contribution in [3.63, 3.8) is 0 Å². The van der Waals surface area contributed by atoms with Gasteiger partial charge in [-0.3, -0.25) is 0 Å². The standard InChI is InChI=1S/C12H27NO3Si/c1-8-10(14)11(15)9(13-8)7-16-17(5,6)12(2,3)4/h8-11,13-15H,7H2,1-6H3/t8-,9+,10+,11+/m0/s1. The van der Waals surface area contributed by atoms with Crippen molar-refractivity contribution in [1.29, 1.82) is 0 Å². The summed E-state index contributed by atoms with van der Waals surface area (Å²) in [4.78, 5) is 0. The maximum Gasteiger partial charge on any atom is 0.192 e. The van der Waals surface area contributed by atoms with E-state index in [1.165, 1.54) is 0 Å². The average molecular weight is 261 g/mol. The zero-order chi connectivity index (χ0) is 13.4. The number of rotatable bonds is 3. The Morgan fingerprint density at radius 3 is 2.06 bits per heavy atom. The van der Waals surface area contributed by atoms with Crippen LogP contribution in [-0.2, 0) is 4.43 Å². The van der Waals surface area contributed by atoms with Crippen LogP contribution < -0.4 is 5.32 Å². The van der Waals surface area contributed by atoms with Gasteiger partial charge in [0.2, 0.25) is 0 Å². The summed E-state index contributed by atoms with van der Waals surface area (Å²) in [5, 5.41) is 22.9. The Bertz CT molecular complexity index is 265. The molecule has 1 saturated heterocycles. The highest BCUT2D eigenvalue weighted by Crippen LogP contribution is 2.36. The minimum Gasteiger partial charge on any atom is -0.415 e. The van der Waals surface area contributed by atoms with Gasteiger partial charge in [-0.15, -0.1) is 0 Å². The molecule has 0 saturated carbocycles. The molecule has 0 aromatic carbocycles. The van der Waals surface area contributed by atoms with Crippen LogP contribution in [-0.4, -0.2) is 49.4 Å². The van der Waals surface area contributed by atoms with Crippen LogP contribution in [0.15, 0.2) is 0 Å². The molecule has 4 nitrogen and oxygen atoms in total. The Kier molecular flexibility index (Phi) is 4.42. The van der Waals surface area contributed by atoms with E-state index in [9.17, 15) is 10.2 Å². The average Bonchev–Trinajstić information content (AvgIpc) is 2.41. The van der Waals surface area contributed by atoms with Crippen LogP contribution in [0.5, 0.6) is 0 Å². The quantitative estimate of drug-likeness (QED) is 0.666. The number of nitrogens with one attached hydrogen (secondary N) is 1. The number of aliphatic hydroxyl groups is 2. The summed E-state index contributed by atoms with van der Waals surface area (Å²) in [6.45, 7) is 13.3. The lowest BCUT2D eigenvalue weighted by Gasteiger charge is -2.37. The summed E-state index contributed by atoms with van der Waals surface area (Å²) < 4.78 is 6.05. The second kappa shape index (κ2) is 4.97. The van der Waals surface area contributed by atoms with Gasteiger partial charge in [0.15, 0.2) is 8.32 Å². The molecule has 1 aliphatic heterocycles. The fourth-order valence-corrected chi connectivity index (χ4v) is 2.76. The third kappa shape index (κ3) is 3.29. The van der Waals surface area contributed by atoms with Crippen LogP contribution in [0.3, 0.4) is 0 Å². The predicted molar refractivity (Wildman–Crippen MR) is 71.5 cm³/mol. The largest absolute Gasteiger partial charge is 0.415 e. The monoisotopic (exact) mass is 261 g/mol. The van der Waals surface area contributed by atoms with Gasteiger partial charge in [0.25, 0.3) is 0 Å². The molecular weight excluding hydrogens is 234 g/mol. The summed E-state index contributed by atoms with van der Waals surface area (Å²) in [5.41, 5.74) is 0. The summed E-state index contributed by atoms with van der Waals surface area (Å²) in [6.07, 6.45) is -1.42. The van der Waals surface area contributed by atoms with E-state index in [0.29, 0.717) is 6.61 Å². The zero-order valence-corrected chi connectivity index (χ0v) is 12.8. The summed E-state index contributed by atoms with van der Waals surface area (Å²) in [5.74, 6) is 0. The van der Waals surface area contributed by atoms with Crippen molar-refractivity contribution in [2.24, 2.45) is 0 Å². The van der Waals surface area contributed by atoms with Crippen LogP contribution in [0.1, 0.15) is 27.7 Å². The minimum atomic E-state index is -1.78. The van der Waals surface area contributed by atoms with Gasteiger partial charge >= 0.3 is 0 Å². The summed E-state index contributed by atoms with van der Waals surface area (Å²) in [6, 6.07) is -0.229. The molecule has 5 heteroatoms. The number of aliphatic hydroxyl groups excluding tert-OH is 2. The maximum atomic E-state index is 9.85. The van der Waals surface area contributed by atoms with Gasteiger partial charge in [-0.1, -0.05) is 20.8 Å². The molecule has 1 fully saturated rings. The molecule has 0 aromatic heterocycles. The molecule has 3 N–H and O–H groups in total. The van der Waals surface area contributed by atoms with Crippen LogP contribution >= 0.6 is 0 Å². The zero-order valence-electron chi connectivity index (χ0n) is 11.8. The Balaban J connectivity index is 2.53. The van der Waals surface area contributed by atoms with Crippen molar-refractivity contribution < 1.29 is 14.6 Å². The molecule has 102 valence electrons. The second-order valence-electron chi connectivity index (χ2n) is 6.61. The Morgan fingerprint density at radius 1 is 1.18 bits per heavy atom. The molecule has 1 heterocycles. The van der Waals surface area contributed by atoms with Gasteiger partial charge in [0.1, 0.15) is 0 Å². The van der Waals surface area contributed by atoms with Crippen molar-refractivity contribution in [2.45, 2.75) is 70.1 Å². The van der Waals surface area contributed by atoms with Crippen LogP contribution in [0.25, 0.3) is 0 Å². The lowest BCUT2D eigenvalue weighted by atomic mass is 10.1. The topological polar surface area (TPSA) is 61.7 Å². The van der Waals surface area contributed by atoms with Crippen molar-refractivity contribution >= 4 is 8.32 Å². The SMILES string of the molecule is C[C@@H]1N[C@H](CO[Si](C)(C)C(C)(C)C)[C@@H](O)[C@@H]1O. The smallest absolute Gasteiger partial charge is 0.192 e. The van der Waals surface area contributed by atoms with Crippen molar-refractivity contribution in [3.05, 3.63) is 0 Å². The molecule has 0 spiro atoms. The van der Waals surface area contributed by atoms with Gasteiger partial charge in [-0.25, -0.2) is 0 Å². The van der Waals surface area contributed by atoms with E-state index in [4.69, 9.17) is 4.43 Å².